The lowest BCUT2D eigenvalue weighted by atomic mass is 10.2. The summed E-state index contributed by atoms with van der Waals surface area (Å²) in [6.45, 7) is 2.63. The highest BCUT2D eigenvalue weighted by atomic mass is 32.2. The average molecular weight is 443 g/mol. The van der Waals surface area contributed by atoms with Crippen LogP contribution in [0, 0.1) is 6.92 Å². The number of hydrogen-bond donors (Lipinski definition) is 6. The lowest BCUT2D eigenvalue weighted by molar-refractivity contribution is -0.129. The first-order valence-electron chi connectivity index (χ1n) is 9.90. The number of amides is 1. The highest BCUT2D eigenvalue weighted by Crippen LogP contribution is 2.28. The van der Waals surface area contributed by atoms with Crippen molar-refractivity contribution in [1.29, 1.82) is 0 Å². The van der Waals surface area contributed by atoms with E-state index in [0.717, 1.165) is 23.4 Å². The summed E-state index contributed by atoms with van der Waals surface area (Å²) < 4.78 is 0. The third-order valence-corrected chi connectivity index (χ3v) is 5.14. The number of unbranched alkanes of at least 4 members (excludes halogenated alkanes) is 2. The molecular weight excluding hydrogens is 416 g/mol. The normalized spacial score (nSPS) is 10.6. The molecule has 0 bridgehead atoms. The zero-order valence-electron chi connectivity index (χ0n) is 17.2. The van der Waals surface area contributed by atoms with E-state index in [1.807, 2.05) is 43.3 Å². The van der Waals surface area contributed by atoms with Gasteiger partial charge in [-0.2, -0.15) is 5.10 Å². The van der Waals surface area contributed by atoms with Crippen LogP contribution in [0.1, 0.15) is 31.4 Å². The van der Waals surface area contributed by atoms with Gasteiger partial charge in [-0.3, -0.25) is 15.1 Å². The van der Waals surface area contributed by atoms with Crippen LogP contribution in [0.4, 0.5) is 23.1 Å². The van der Waals surface area contributed by atoms with Crippen molar-refractivity contribution in [3.8, 4) is 0 Å². The Morgan fingerprint density at radius 2 is 1.87 bits per heavy atom. The van der Waals surface area contributed by atoms with Crippen LogP contribution in [-0.4, -0.2) is 37.8 Å². The molecule has 164 valence electrons. The third-order valence-electron chi connectivity index (χ3n) is 4.27. The molecular formula is C20H26N8O2S. The molecule has 0 saturated heterocycles. The second-order valence-electron chi connectivity index (χ2n) is 6.93. The first-order valence-corrected chi connectivity index (χ1v) is 10.7. The summed E-state index contributed by atoms with van der Waals surface area (Å²) in [4.78, 5) is 21.2. The number of nitrogen functional groups attached to an aromatic ring is 1. The summed E-state index contributed by atoms with van der Waals surface area (Å²) in [7, 11) is 0. The van der Waals surface area contributed by atoms with E-state index < -0.39 is 0 Å². The minimum absolute atomic E-state index is 0.309. The van der Waals surface area contributed by atoms with E-state index in [1.54, 1.807) is 5.48 Å². The third kappa shape index (κ3) is 7.46. The largest absolute Gasteiger partial charge is 0.399 e. The Bertz CT molecular complexity index is 993. The van der Waals surface area contributed by atoms with E-state index in [1.165, 1.54) is 11.8 Å². The Labute approximate surface area is 184 Å². The average Bonchev–Trinajstić information content (AvgIpc) is 3.16. The van der Waals surface area contributed by atoms with Crippen molar-refractivity contribution in [3.63, 3.8) is 0 Å². The SMILES string of the molecule is Cc1cc(Nc2cc(NCCCCCC(=O)NO)nc(Sc3ccc(N)cc3)n2)n[nH]1. The second kappa shape index (κ2) is 11.2. The first-order chi connectivity index (χ1) is 15.0. The Morgan fingerprint density at radius 1 is 1.10 bits per heavy atom. The van der Waals surface area contributed by atoms with Gasteiger partial charge in [-0.15, -0.1) is 0 Å². The van der Waals surface area contributed by atoms with E-state index >= 15 is 0 Å². The first kappa shape index (κ1) is 22.4. The maximum atomic E-state index is 11.0. The van der Waals surface area contributed by atoms with Gasteiger partial charge in [0.1, 0.15) is 11.6 Å². The summed E-state index contributed by atoms with van der Waals surface area (Å²) in [6, 6.07) is 11.3. The van der Waals surface area contributed by atoms with Crippen molar-refractivity contribution in [2.24, 2.45) is 0 Å². The summed E-state index contributed by atoms with van der Waals surface area (Å²) in [5.74, 6) is 1.63. The van der Waals surface area contributed by atoms with Gasteiger partial charge < -0.3 is 16.4 Å². The van der Waals surface area contributed by atoms with Crippen molar-refractivity contribution < 1.29 is 10.0 Å². The number of benzene rings is 1. The van der Waals surface area contributed by atoms with Gasteiger partial charge >= 0.3 is 0 Å². The van der Waals surface area contributed by atoms with E-state index in [4.69, 9.17) is 10.9 Å². The molecule has 3 rings (SSSR count). The number of nitrogens with zero attached hydrogens (tertiary/aromatic N) is 3. The van der Waals surface area contributed by atoms with Crippen molar-refractivity contribution in [2.75, 3.05) is 22.9 Å². The van der Waals surface area contributed by atoms with Crippen LogP contribution < -0.4 is 21.8 Å². The molecule has 0 aliphatic rings. The fourth-order valence-electron chi connectivity index (χ4n) is 2.74. The van der Waals surface area contributed by atoms with E-state index in [2.05, 4.69) is 30.8 Å². The molecule has 31 heavy (non-hydrogen) atoms. The number of aromatic nitrogens is 4. The van der Waals surface area contributed by atoms with Gasteiger partial charge in [-0.1, -0.05) is 6.42 Å². The van der Waals surface area contributed by atoms with Crippen molar-refractivity contribution in [1.82, 2.24) is 25.6 Å². The molecule has 7 N–H and O–H groups in total. The maximum Gasteiger partial charge on any atom is 0.243 e. The lowest BCUT2D eigenvalue weighted by Crippen LogP contribution is -2.17. The standard InChI is InChI=1S/C20H26N8O2S/c1-13-11-18(27-26-13)23-17-12-16(22-10-4-2-3-5-19(29)28-30)24-20(25-17)31-15-8-6-14(21)7-9-15/h6-9,11-12,30H,2-5,10,21H2,1H3,(H,28,29)(H3,22,23,24,25,26,27). The van der Waals surface area contributed by atoms with Gasteiger partial charge in [0.05, 0.1) is 0 Å². The number of aryl methyl sites for hydroxylation is 1. The van der Waals surface area contributed by atoms with Crippen LogP contribution in [-0.2, 0) is 4.79 Å². The molecule has 0 aliphatic heterocycles. The molecule has 1 aromatic carbocycles. The Hall–Kier alpha value is -3.31. The van der Waals surface area contributed by atoms with Gasteiger partial charge in [0, 0.05) is 41.4 Å². The Balaban J connectivity index is 1.65. The molecule has 0 unspecified atom stereocenters. The lowest BCUT2D eigenvalue weighted by Gasteiger charge is -2.10. The highest BCUT2D eigenvalue weighted by Gasteiger charge is 2.09. The molecule has 2 heterocycles. The number of rotatable bonds is 11. The number of nitrogens with one attached hydrogen (secondary N) is 4. The van der Waals surface area contributed by atoms with E-state index in [0.29, 0.717) is 47.7 Å². The molecule has 0 fully saturated rings. The number of hydrogen-bond acceptors (Lipinski definition) is 9. The molecule has 1 amide bonds. The molecule has 0 atom stereocenters. The summed E-state index contributed by atoms with van der Waals surface area (Å²) >= 11 is 1.44. The van der Waals surface area contributed by atoms with Gasteiger partial charge in [-0.05, 0) is 55.8 Å². The van der Waals surface area contributed by atoms with Crippen LogP contribution in [0.15, 0.2) is 46.5 Å². The van der Waals surface area contributed by atoms with Crippen LogP contribution >= 0.6 is 11.8 Å². The predicted molar refractivity (Wildman–Crippen MR) is 121 cm³/mol. The number of nitrogens with two attached hydrogens (primary N) is 1. The molecule has 11 heteroatoms. The predicted octanol–water partition coefficient (Wildman–Crippen LogP) is 3.46. The van der Waals surface area contributed by atoms with Crippen LogP contribution in [0.3, 0.4) is 0 Å². The van der Waals surface area contributed by atoms with Crippen LogP contribution in [0.5, 0.6) is 0 Å². The molecule has 0 saturated carbocycles. The van der Waals surface area contributed by atoms with Gasteiger partial charge in [-0.25, -0.2) is 15.4 Å². The molecule has 10 nitrogen and oxygen atoms in total. The Kier molecular flexibility index (Phi) is 8.07. The van der Waals surface area contributed by atoms with Gasteiger partial charge in [0.25, 0.3) is 0 Å². The number of H-pyrrole nitrogens is 1. The van der Waals surface area contributed by atoms with E-state index in [9.17, 15) is 4.79 Å². The minimum Gasteiger partial charge on any atom is -0.399 e. The highest BCUT2D eigenvalue weighted by molar-refractivity contribution is 7.99. The second-order valence-corrected chi connectivity index (χ2v) is 7.97. The maximum absolute atomic E-state index is 11.0. The van der Waals surface area contributed by atoms with Crippen LogP contribution in [0.2, 0.25) is 0 Å². The molecule has 0 aliphatic carbocycles. The number of aromatic amines is 1. The molecule has 2 aromatic heterocycles. The smallest absolute Gasteiger partial charge is 0.243 e. The summed E-state index contributed by atoms with van der Waals surface area (Å²) in [5.41, 5.74) is 9.06. The molecule has 0 spiro atoms. The number of hydroxylamine groups is 1. The molecule has 3 aromatic rings. The summed E-state index contributed by atoms with van der Waals surface area (Å²) in [6.07, 6.45) is 2.74. The molecule has 0 radical (unpaired) electrons. The minimum atomic E-state index is -0.364. The zero-order chi connectivity index (χ0) is 22.1. The number of anilines is 4. The number of carbonyl (C=O) groups excluding carboxylic acids is 1. The fourth-order valence-corrected chi connectivity index (χ4v) is 3.51. The monoisotopic (exact) mass is 442 g/mol. The Morgan fingerprint density at radius 3 is 2.58 bits per heavy atom. The fraction of sp³-hybridized carbons (Fsp3) is 0.300. The van der Waals surface area contributed by atoms with Crippen molar-refractivity contribution in [2.45, 2.75) is 42.7 Å². The van der Waals surface area contributed by atoms with Crippen molar-refractivity contribution >= 4 is 40.8 Å². The van der Waals surface area contributed by atoms with Gasteiger partial charge in [0.15, 0.2) is 11.0 Å². The van der Waals surface area contributed by atoms with Crippen molar-refractivity contribution in [3.05, 3.63) is 42.1 Å². The topological polar surface area (TPSA) is 154 Å². The zero-order valence-corrected chi connectivity index (χ0v) is 18.0. The number of carbonyl (C=O) groups is 1. The summed E-state index contributed by atoms with van der Waals surface area (Å²) in [5, 5.41) is 22.7. The quantitative estimate of drug-likeness (QED) is 0.0861. The van der Waals surface area contributed by atoms with E-state index in [-0.39, 0.29) is 5.91 Å². The van der Waals surface area contributed by atoms with Crippen LogP contribution in [0.25, 0.3) is 0 Å². The van der Waals surface area contributed by atoms with Gasteiger partial charge in [0.2, 0.25) is 5.91 Å².